The summed E-state index contributed by atoms with van der Waals surface area (Å²) in [6.07, 6.45) is 0. The van der Waals surface area contributed by atoms with Gasteiger partial charge in [0.15, 0.2) is 11.6 Å². The minimum atomic E-state index is -0.195. The molecule has 0 aliphatic heterocycles. The predicted octanol–water partition coefficient (Wildman–Crippen LogP) is 2.35. The minimum absolute atomic E-state index is 0.195. The number of rotatable bonds is 3. The van der Waals surface area contributed by atoms with Crippen LogP contribution >= 0.6 is 0 Å². The summed E-state index contributed by atoms with van der Waals surface area (Å²) in [6, 6.07) is 0. The zero-order chi connectivity index (χ0) is 13.4. The van der Waals surface area contributed by atoms with E-state index in [1.54, 1.807) is 13.8 Å². The van der Waals surface area contributed by atoms with Crippen molar-refractivity contribution in [1.82, 2.24) is 10.3 Å². The lowest BCUT2D eigenvalue weighted by Crippen LogP contribution is -2.00. The molecule has 0 radical (unpaired) electrons. The minimum Gasteiger partial charge on any atom is -0.360 e. The molecule has 2 aromatic rings. The van der Waals surface area contributed by atoms with Crippen molar-refractivity contribution < 1.29 is 18.6 Å². The fraction of sp³-hybridized carbons (Fsp3) is 0.333. The summed E-state index contributed by atoms with van der Waals surface area (Å²) in [5.41, 5.74) is 1.15. The number of carbonyl (C=O) groups is 2. The molecular weight excluding hydrogens is 236 g/mol. The fourth-order valence-corrected chi connectivity index (χ4v) is 1.90. The van der Waals surface area contributed by atoms with Gasteiger partial charge in [-0.25, -0.2) is 0 Å². The van der Waals surface area contributed by atoms with Crippen molar-refractivity contribution in [2.24, 2.45) is 0 Å². The molecule has 2 heterocycles. The summed E-state index contributed by atoms with van der Waals surface area (Å²) in [5.74, 6) is 0.401. The molecule has 0 amide bonds. The molecular formula is C12H12N2O4. The molecule has 2 aromatic heterocycles. The maximum absolute atomic E-state index is 11.6. The van der Waals surface area contributed by atoms with Crippen molar-refractivity contribution in [1.29, 1.82) is 0 Å². The maximum atomic E-state index is 11.6. The van der Waals surface area contributed by atoms with Crippen LogP contribution in [0.1, 0.15) is 46.1 Å². The van der Waals surface area contributed by atoms with E-state index >= 15 is 0 Å². The van der Waals surface area contributed by atoms with E-state index in [0.29, 0.717) is 22.6 Å². The molecule has 0 bridgehead atoms. The van der Waals surface area contributed by atoms with Crippen LogP contribution in [0.2, 0.25) is 0 Å². The highest BCUT2D eigenvalue weighted by atomic mass is 16.5. The average Bonchev–Trinajstić information content (AvgIpc) is 2.81. The lowest BCUT2D eigenvalue weighted by molar-refractivity contribution is 0.100. The van der Waals surface area contributed by atoms with Crippen molar-refractivity contribution in [2.75, 3.05) is 0 Å². The van der Waals surface area contributed by atoms with Gasteiger partial charge in [-0.15, -0.1) is 0 Å². The van der Waals surface area contributed by atoms with Crippen LogP contribution < -0.4 is 0 Å². The van der Waals surface area contributed by atoms with E-state index in [1.165, 1.54) is 13.8 Å². The quantitative estimate of drug-likeness (QED) is 0.775. The van der Waals surface area contributed by atoms with Gasteiger partial charge < -0.3 is 9.05 Å². The summed E-state index contributed by atoms with van der Waals surface area (Å²) in [6.45, 7) is 6.08. The Balaban J connectivity index is 2.70. The first-order valence-corrected chi connectivity index (χ1v) is 5.38. The number of hydrogen-bond donors (Lipinski definition) is 0. The molecule has 94 valence electrons. The van der Waals surface area contributed by atoms with Gasteiger partial charge in [-0.05, 0) is 27.7 Å². The van der Waals surface area contributed by atoms with E-state index in [0.717, 1.165) is 0 Å². The first-order valence-electron chi connectivity index (χ1n) is 5.38. The van der Waals surface area contributed by atoms with Gasteiger partial charge in [-0.3, -0.25) is 9.59 Å². The van der Waals surface area contributed by atoms with Crippen molar-refractivity contribution >= 4 is 11.6 Å². The first-order chi connectivity index (χ1) is 8.43. The van der Waals surface area contributed by atoms with Crippen molar-refractivity contribution in [3.8, 4) is 11.4 Å². The molecule has 2 rings (SSSR count). The van der Waals surface area contributed by atoms with E-state index in [-0.39, 0.29) is 23.0 Å². The molecule has 18 heavy (non-hydrogen) atoms. The van der Waals surface area contributed by atoms with Gasteiger partial charge in [0.2, 0.25) is 0 Å². The van der Waals surface area contributed by atoms with Crippen LogP contribution in [0.4, 0.5) is 0 Å². The Morgan fingerprint density at radius 3 is 1.44 bits per heavy atom. The second kappa shape index (κ2) is 4.21. The standard InChI is InChI=1S/C12H12N2O4/c1-5(15)9-7(3)17-13-11(9)12-10(6(2)16)8(4)18-14-12/h1-4H3. The number of aryl methyl sites for hydroxylation is 2. The lowest BCUT2D eigenvalue weighted by Gasteiger charge is -1.96. The third-order valence-corrected chi connectivity index (χ3v) is 2.65. The molecule has 0 aromatic carbocycles. The number of aromatic nitrogens is 2. The Bertz CT molecular complexity index is 580. The molecule has 0 N–H and O–H groups in total. The molecule has 0 spiro atoms. The van der Waals surface area contributed by atoms with E-state index in [4.69, 9.17) is 9.05 Å². The van der Waals surface area contributed by atoms with Crippen molar-refractivity contribution in [3.05, 3.63) is 22.6 Å². The molecule has 0 aliphatic rings. The van der Waals surface area contributed by atoms with Crippen LogP contribution in [0, 0.1) is 13.8 Å². The Morgan fingerprint density at radius 2 is 1.17 bits per heavy atom. The van der Waals surface area contributed by atoms with E-state index < -0.39 is 0 Å². The molecule has 0 fully saturated rings. The van der Waals surface area contributed by atoms with Gasteiger partial charge in [-0.2, -0.15) is 0 Å². The third-order valence-electron chi connectivity index (χ3n) is 2.65. The topological polar surface area (TPSA) is 86.2 Å². The Hall–Kier alpha value is -2.24. The highest BCUT2D eigenvalue weighted by Gasteiger charge is 2.26. The van der Waals surface area contributed by atoms with Gasteiger partial charge in [0, 0.05) is 0 Å². The van der Waals surface area contributed by atoms with Gasteiger partial charge in [0.1, 0.15) is 22.9 Å². The summed E-state index contributed by atoms with van der Waals surface area (Å²) < 4.78 is 9.98. The number of hydrogen-bond acceptors (Lipinski definition) is 6. The normalized spacial score (nSPS) is 10.7. The number of ketones is 2. The Labute approximate surface area is 103 Å². The van der Waals surface area contributed by atoms with Crippen molar-refractivity contribution in [3.63, 3.8) is 0 Å². The maximum Gasteiger partial charge on any atom is 0.165 e. The van der Waals surface area contributed by atoms with Crippen LogP contribution in [0.5, 0.6) is 0 Å². The number of carbonyl (C=O) groups excluding carboxylic acids is 2. The lowest BCUT2D eigenvalue weighted by atomic mass is 10.0. The first kappa shape index (κ1) is 12.2. The summed E-state index contributed by atoms with van der Waals surface area (Å²) in [4.78, 5) is 23.1. The van der Waals surface area contributed by atoms with E-state index in [9.17, 15) is 9.59 Å². The van der Waals surface area contributed by atoms with Crippen LogP contribution in [-0.2, 0) is 0 Å². The molecule has 0 saturated carbocycles. The summed E-state index contributed by atoms with van der Waals surface area (Å²) >= 11 is 0. The van der Waals surface area contributed by atoms with Gasteiger partial charge in [-0.1, -0.05) is 10.3 Å². The molecule has 6 nitrogen and oxygen atoms in total. The summed E-state index contributed by atoms with van der Waals surface area (Å²) in [5, 5.41) is 7.59. The van der Waals surface area contributed by atoms with Crippen molar-refractivity contribution in [2.45, 2.75) is 27.7 Å². The highest BCUT2D eigenvalue weighted by Crippen LogP contribution is 2.29. The average molecular weight is 248 g/mol. The van der Waals surface area contributed by atoms with Crippen LogP contribution in [0.25, 0.3) is 11.4 Å². The smallest absolute Gasteiger partial charge is 0.165 e. The third kappa shape index (κ3) is 1.75. The fourth-order valence-electron chi connectivity index (χ4n) is 1.90. The predicted molar refractivity (Wildman–Crippen MR) is 61.5 cm³/mol. The largest absolute Gasteiger partial charge is 0.360 e. The second-order valence-electron chi connectivity index (χ2n) is 4.04. The SMILES string of the molecule is CC(=O)c1c(-c2noc(C)c2C(C)=O)noc1C. The van der Waals surface area contributed by atoms with Gasteiger partial charge >= 0.3 is 0 Å². The second-order valence-corrected chi connectivity index (χ2v) is 4.04. The summed E-state index contributed by atoms with van der Waals surface area (Å²) in [7, 11) is 0. The number of Topliss-reactive ketones (excluding diaryl/α,β-unsaturated/α-hetero) is 2. The van der Waals surface area contributed by atoms with E-state index in [1.807, 2.05) is 0 Å². The van der Waals surface area contributed by atoms with Crippen LogP contribution in [0.15, 0.2) is 9.05 Å². The van der Waals surface area contributed by atoms with Crippen LogP contribution in [-0.4, -0.2) is 21.9 Å². The van der Waals surface area contributed by atoms with Gasteiger partial charge in [0.05, 0.1) is 11.1 Å². The zero-order valence-corrected chi connectivity index (χ0v) is 10.5. The van der Waals surface area contributed by atoms with E-state index in [2.05, 4.69) is 10.3 Å². The molecule has 0 atom stereocenters. The Morgan fingerprint density at radius 1 is 0.833 bits per heavy atom. The molecule has 0 unspecified atom stereocenters. The highest BCUT2D eigenvalue weighted by molar-refractivity contribution is 6.05. The van der Waals surface area contributed by atoms with Gasteiger partial charge in [0.25, 0.3) is 0 Å². The zero-order valence-electron chi connectivity index (χ0n) is 10.5. The molecule has 6 heteroatoms. The Kier molecular flexibility index (Phi) is 2.86. The molecule has 0 saturated heterocycles. The van der Waals surface area contributed by atoms with Crippen LogP contribution in [0.3, 0.4) is 0 Å². The molecule has 0 aliphatic carbocycles. The number of nitrogens with zero attached hydrogens (tertiary/aromatic N) is 2. The monoisotopic (exact) mass is 248 g/mol.